The Morgan fingerprint density at radius 2 is 1.58 bits per heavy atom. The third-order valence-corrected chi connectivity index (χ3v) is 8.48. The molecule has 8 heteroatoms. The van der Waals surface area contributed by atoms with Gasteiger partial charge in [0.1, 0.15) is 5.75 Å². The third-order valence-electron chi connectivity index (χ3n) is 7.13. The molecule has 164 valence electrons. The number of nitro groups is 1. The lowest BCUT2D eigenvalue weighted by Gasteiger charge is -2.51. The smallest absolute Gasteiger partial charge is 0.273 e. The molecule has 0 N–H and O–H groups in total. The first-order chi connectivity index (χ1) is 15.9. The van der Waals surface area contributed by atoms with E-state index in [-0.39, 0.29) is 34.9 Å². The van der Waals surface area contributed by atoms with Crippen LogP contribution in [0.2, 0.25) is 0 Å². The number of halogens is 1. The van der Waals surface area contributed by atoms with E-state index in [0.29, 0.717) is 0 Å². The van der Waals surface area contributed by atoms with Gasteiger partial charge in [-0.1, -0.05) is 64.5 Å². The number of hydrogen-bond acceptors (Lipinski definition) is 5. The molecule has 0 aromatic heterocycles. The number of nitro benzene ring substituents is 1. The van der Waals surface area contributed by atoms with Crippen molar-refractivity contribution >= 4 is 39.1 Å². The van der Waals surface area contributed by atoms with E-state index in [9.17, 15) is 19.7 Å². The molecule has 4 aliphatic rings. The number of carbonyl (C=O) groups is 2. The highest BCUT2D eigenvalue weighted by Crippen LogP contribution is 2.66. The van der Waals surface area contributed by atoms with Crippen molar-refractivity contribution in [1.29, 1.82) is 0 Å². The Morgan fingerprint density at radius 1 is 0.970 bits per heavy atom. The molecule has 2 atom stereocenters. The molecule has 0 saturated carbocycles. The summed E-state index contributed by atoms with van der Waals surface area (Å²) in [6, 6.07) is 19.8. The van der Waals surface area contributed by atoms with Crippen molar-refractivity contribution in [1.82, 2.24) is 0 Å². The second-order valence-corrected chi connectivity index (χ2v) is 9.74. The highest BCUT2D eigenvalue weighted by molar-refractivity contribution is 9.09. The van der Waals surface area contributed by atoms with Gasteiger partial charge in [-0.15, -0.1) is 0 Å². The fourth-order valence-corrected chi connectivity index (χ4v) is 7.08. The number of ether oxygens (including phenoxy) is 1. The standard InChI is InChI=1S/C25H17BrN2O5/c1-33-19-12-13(28(31)32)10-11-18(19)27-23(29)21-20-14-6-2-4-8-16(14)25(26,22(21)24(27)30)17-9-5-3-7-15(17)20/h2-12,20-22H,1H3/t20?,21-,22-,25?/m0/s1. The maximum Gasteiger partial charge on any atom is 0.273 e. The molecule has 3 aromatic rings. The molecule has 1 fully saturated rings. The summed E-state index contributed by atoms with van der Waals surface area (Å²) in [7, 11) is 1.36. The Morgan fingerprint density at radius 3 is 2.15 bits per heavy atom. The average Bonchev–Trinajstić information content (AvgIpc) is 3.10. The molecule has 2 bridgehead atoms. The summed E-state index contributed by atoms with van der Waals surface area (Å²) in [6.45, 7) is 0. The van der Waals surface area contributed by atoms with Crippen LogP contribution in [0, 0.1) is 22.0 Å². The molecule has 7 rings (SSSR count). The van der Waals surface area contributed by atoms with Gasteiger partial charge in [-0.05, 0) is 28.3 Å². The Bertz CT molecular complexity index is 1340. The molecule has 1 saturated heterocycles. The van der Waals surface area contributed by atoms with Crippen molar-refractivity contribution in [3.8, 4) is 5.75 Å². The van der Waals surface area contributed by atoms with E-state index >= 15 is 0 Å². The van der Waals surface area contributed by atoms with Gasteiger partial charge in [-0.2, -0.15) is 0 Å². The monoisotopic (exact) mass is 504 g/mol. The number of imide groups is 1. The molecule has 3 aromatic carbocycles. The van der Waals surface area contributed by atoms with Gasteiger partial charge in [0.25, 0.3) is 5.69 Å². The predicted octanol–water partition coefficient (Wildman–Crippen LogP) is 4.51. The summed E-state index contributed by atoms with van der Waals surface area (Å²) in [5.74, 6) is -2.07. The number of nitrogens with zero attached hydrogens (tertiary/aromatic N) is 2. The van der Waals surface area contributed by atoms with E-state index in [1.165, 1.54) is 25.3 Å². The molecule has 0 spiro atoms. The van der Waals surface area contributed by atoms with Gasteiger partial charge in [-0.25, -0.2) is 4.90 Å². The number of carbonyl (C=O) groups excluding carboxylic acids is 2. The Labute approximate surface area is 197 Å². The van der Waals surface area contributed by atoms with Gasteiger partial charge in [0, 0.05) is 12.0 Å². The number of amides is 2. The van der Waals surface area contributed by atoms with E-state index < -0.39 is 21.1 Å². The van der Waals surface area contributed by atoms with Crippen molar-refractivity contribution in [2.24, 2.45) is 11.8 Å². The van der Waals surface area contributed by atoms with Crippen LogP contribution in [0.25, 0.3) is 0 Å². The fraction of sp³-hybridized carbons (Fsp3) is 0.200. The first-order valence-corrected chi connectivity index (χ1v) is 11.3. The number of non-ortho nitro benzene ring substituents is 1. The summed E-state index contributed by atoms with van der Waals surface area (Å²) in [5, 5.41) is 11.2. The van der Waals surface area contributed by atoms with Gasteiger partial charge < -0.3 is 4.74 Å². The Kier molecular flexibility index (Phi) is 4.11. The molecule has 0 unspecified atom stereocenters. The minimum absolute atomic E-state index is 0.107. The zero-order valence-electron chi connectivity index (χ0n) is 17.4. The largest absolute Gasteiger partial charge is 0.494 e. The SMILES string of the molecule is COc1cc([N+](=O)[O-])ccc1N1C(=O)[C@@H]2[C@@H](C1=O)C1c3ccccc3C2(Br)c2ccccc21. The van der Waals surface area contributed by atoms with Gasteiger partial charge >= 0.3 is 0 Å². The minimum Gasteiger partial charge on any atom is -0.494 e. The molecule has 3 aliphatic carbocycles. The average molecular weight is 505 g/mol. The van der Waals surface area contributed by atoms with Crippen LogP contribution in [-0.4, -0.2) is 23.8 Å². The molecule has 1 heterocycles. The highest BCUT2D eigenvalue weighted by Gasteiger charge is 2.67. The normalized spacial score (nSPS) is 26.6. The zero-order valence-corrected chi connectivity index (χ0v) is 19.0. The zero-order chi connectivity index (χ0) is 23.1. The fourth-order valence-electron chi connectivity index (χ4n) is 5.88. The minimum atomic E-state index is -0.852. The first kappa shape index (κ1) is 20.1. The first-order valence-electron chi connectivity index (χ1n) is 10.5. The summed E-state index contributed by atoms with van der Waals surface area (Å²) < 4.78 is 4.50. The molecular formula is C25H17BrN2O5. The van der Waals surface area contributed by atoms with Crippen LogP contribution in [0.3, 0.4) is 0 Å². The number of alkyl halides is 1. The lowest BCUT2D eigenvalue weighted by Crippen LogP contribution is -2.50. The molecule has 1 aliphatic heterocycles. The topological polar surface area (TPSA) is 89.8 Å². The molecule has 7 nitrogen and oxygen atoms in total. The van der Waals surface area contributed by atoms with Crippen LogP contribution in [-0.2, 0) is 13.9 Å². The lowest BCUT2D eigenvalue weighted by atomic mass is 9.55. The summed E-state index contributed by atoms with van der Waals surface area (Å²) in [5.41, 5.74) is 4.10. The van der Waals surface area contributed by atoms with E-state index in [1.807, 2.05) is 48.5 Å². The van der Waals surface area contributed by atoms with Gasteiger partial charge in [0.15, 0.2) is 0 Å². The van der Waals surface area contributed by atoms with Crippen LogP contribution >= 0.6 is 15.9 Å². The van der Waals surface area contributed by atoms with Crippen molar-refractivity contribution in [3.05, 3.63) is 99.1 Å². The Hall–Kier alpha value is -3.52. The summed E-state index contributed by atoms with van der Waals surface area (Å²) >= 11 is 3.95. The van der Waals surface area contributed by atoms with Crippen molar-refractivity contribution in [3.63, 3.8) is 0 Å². The lowest BCUT2D eigenvalue weighted by molar-refractivity contribution is -0.384. The summed E-state index contributed by atoms with van der Waals surface area (Å²) in [6.07, 6.45) is 0. The maximum atomic E-state index is 13.9. The quantitative estimate of drug-likeness (QED) is 0.226. The summed E-state index contributed by atoms with van der Waals surface area (Å²) in [4.78, 5) is 39.7. The van der Waals surface area contributed by atoms with E-state index in [2.05, 4.69) is 15.9 Å². The molecule has 0 radical (unpaired) electrons. The second kappa shape index (κ2) is 6.74. The van der Waals surface area contributed by atoms with Crippen molar-refractivity contribution in [2.75, 3.05) is 12.0 Å². The third kappa shape index (κ3) is 2.39. The van der Waals surface area contributed by atoms with E-state index in [4.69, 9.17) is 4.74 Å². The molecule has 33 heavy (non-hydrogen) atoms. The van der Waals surface area contributed by atoms with Gasteiger partial charge in [0.05, 0.1) is 39.9 Å². The van der Waals surface area contributed by atoms with Crippen molar-refractivity contribution in [2.45, 2.75) is 10.2 Å². The maximum absolute atomic E-state index is 13.9. The van der Waals surface area contributed by atoms with Crippen LogP contribution in [0.1, 0.15) is 28.2 Å². The number of hydrogen-bond donors (Lipinski definition) is 0. The van der Waals surface area contributed by atoms with Crippen molar-refractivity contribution < 1.29 is 19.2 Å². The molecule has 2 amide bonds. The Balaban J connectivity index is 1.57. The molecular weight excluding hydrogens is 488 g/mol. The van der Waals surface area contributed by atoms with E-state index in [1.54, 1.807) is 0 Å². The van der Waals surface area contributed by atoms with Crippen LogP contribution < -0.4 is 9.64 Å². The second-order valence-electron chi connectivity index (χ2n) is 8.49. The van der Waals surface area contributed by atoms with Crippen LogP contribution in [0.5, 0.6) is 5.75 Å². The number of methoxy groups -OCH3 is 1. The predicted molar refractivity (Wildman–Crippen MR) is 124 cm³/mol. The van der Waals surface area contributed by atoms with Crippen LogP contribution in [0.15, 0.2) is 66.7 Å². The number of rotatable bonds is 3. The highest BCUT2D eigenvalue weighted by atomic mass is 79.9. The number of anilines is 1. The van der Waals surface area contributed by atoms with Gasteiger partial charge in [-0.3, -0.25) is 19.7 Å². The van der Waals surface area contributed by atoms with Crippen LogP contribution in [0.4, 0.5) is 11.4 Å². The number of benzene rings is 3. The van der Waals surface area contributed by atoms with E-state index in [0.717, 1.165) is 27.2 Å². The van der Waals surface area contributed by atoms with Gasteiger partial charge in [0.2, 0.25) is 11.8 Å².